The first kappa shape index (κ1) is 20.5. The molecule has 3 rings (SSSR count). The zero-order chi connectivity index (χ0) is 21.8. The van der Waals surface area contributed by atoms with Crippen molar-refractivity contribution in [2.24, 2.45) is 7.05 Å². The molecule has 3 aromatic rings. The van der Waals surface area contributed by atoms with Gasteiger partial charge in [-0.15, -0.1) is 0 Å². The number of phenols is 1. The Hall–Kier alpha value is -4.25. The number of nitrogens with zero attached hydrogens (tertiary/aromatic N) is 3. The molecule has 0 fully saturated rings. The normalized spacial score (nSPS) is 11.1. The van der Waals surface area contributed by atoms with Gasteiger partial charge in [0.1, 0.15) is 17.3 Å². The minimum atomic E-state index is -0.723. The SMILES string of the molecule is COc1ccc(C=C(C#N)C(=O)Nc2c(C)n(C)n(-c3ccccc3)c2=O)cc1O. The monoisotopic (exact) mass is 404 g/mol. The van der Waals surface area contributed by atoms with Gasteiger partial charge in [0.15, 0.2) is 11.5 Å². The van der Waals surface area contributed by atoms with Crippen LogP contribution in [0.4, 0.5) is 5.69 Å². The van der Waals surface area contributed by atoms with Gasteiger partial charge < -0.3 is 15.2 Å². The lowest BCUT2D eigenvalue weighted by atomic mass is 10.1. The Morgan fingerprint density at radius 1 is 1.23 bits per heavy atom. The number of aromatic hydroxyl groups is 1. The highest BCUT2D eigenvalue weighted by atomic mass is 16.5. The van der Waals surface area contributed by atoms with Crippen LogP contribution in [0.25, 0.3) is 11.8 Å². The van der Waals surface area contributed by atoms with Gasteiger partial charge in [0, 0.05) is 7.05 Å². The summed E-state index contributed by atoms with van der Waals surface area (Å²) >= 11 is 0. The van der Waals surface area contributed by atoms with E-state index < -0.39 is 11.5 Å². The van der Waals surface area contributed by atoms with Gasteiger partial charge in [-0.2, -0.15) is 5.26 Å². The average Bonchev–Trinajstić information content (AvgIpc) is 2.95. The van der Waals surface area contributed by atoms with Crippen LogP contribution in [-0.4, -0.2) is 27.5 Å². The number of anilines is 1. The number of methoxy groups -OCH3 is 1. The minimum Gasteiger partial charge on any atom is -0.504 e. The predicted octanol–water partition coefficient (Wildman–Crippen LogP) is 2.74. The first-order valence-electron chi connectivity index (χ1n) is 9.01. The van der Waals surface area contributed by atoms with Crippen molar-refractivity contribution in [2.45, 2.75) is 6.92 Å². The largest absolute Gasteiger partial charge is 0.504 e. The highest BCUT2D eigenvalue weighted by Crippen LogP contribution is 2.27. The summed E-state index contributed by atoms with van der Waals surface area (Å²) in [4.78, 5) is 25.6. The maximum absolute atomic E-state index is 12.9. The number of benzene rings is 2. The van der Waals surface area contributed by atoms with Gasteiger partial charge in [0.2, 0.25) is 0 Å². The highest BCUT2D eigenvalue weighted by molar-refractivity contribution is 6.09. The molecule has 2 N–H and O–H groups in total. The summed E-state index contributed by atoms with van der Waals surface area (Å²) < 4.78 is 8.04. The van der Waals surface area contributed by atoms with Crippen LogP contribution in [0.3, 0.4) is 0 Å². The summed E-state index contributed by atoms with van der Waals surface area (Å²) in [5.41, 5.74) is 1.09. The molecule has 0 bridgehead atoms. The second kappa shape index (κ2) is 8.41. The van der Waals surface area contributed by atoms with Crippen LogP contribution in [0, 0.1) is 18.3 Å². The summed E-state index contributed by atoms with van der Waals surface area (Å²) in [6, 6.07) is 15.3. The molecule has 1 aromatic heterocycles. The topological polar surface area (TPSA) is 109 Å². The predicted molar refractivity (Wildman–Crippen MR) is 113 cm³/mol. The molecule has 0 radical (unpaired) electrons. The van der Waals surface area contributed by atoms with E-state index >= 15 is 0 Å². The number of amides is 1. The number of hydrogen-bond donors (Lipinski definition) is 2. The van der Waals surface area contributed by atoms with E-state index in [0.717, 1.165) is 0 Å². The zero-order valence-corrected chi connectivity index (χ0v) is 16.7. The molecular weight excluding hydrogens is 384 g/mol. The van der Waals surface area contributed by atoms with Crippen molar-refractivity contribution in [1.82, 2.24) is 9.36 Å². The van der Waals surface area contributed by atoms with Crippen LogP contribution < -0.4 is 15.6 Å². The molecule has 8 heteroatoms. The van der Waals surface area contributed by atoms with Crippen molar-refractivity contribution in [3.8, 4) is 23.3 Å². The number of nitrogens with one attached hydrogen (secondary N) is 1. The zero-order valence-electron chi connectivity index (χ0n) is 16.7. The van der Waals surface area contributed by atoms with Gasteiger partial charge in [-0.25, -0.2) is 4.68 Å². The Morgan fingerprint density at radius 2 is 1.93 bits per heavy atom. The average molecular weight is 404 g/mol. The summed E-state index contributed by atoms with van der Waals surface area (Å²) in [6.45, 7) is 1.70. The van der Waals surface area contributed by atoms with Crippen LogP contribution >= 0.6 is 0 Å². The molecule has 2 aromatic carbocycles. The Morgan fingerprint density at radius 3 is 2.53 bits per heavy atom. The van der Waals surface area contributed by atoms with E-state index in [9.17, 15) is 20.0 Å². The molecule has 8 nitrogen and oxygen atoms in total. The third-order valence-corrected chi connectivity index (χ3v) is 4.67. The van der Waals surface area contributed by atoms with Crippen molar-refractivity contribution in [1.29, 1.82) is 5.26 Å². The number of carbonyl (C=O) groups is 1. The molecule has 0 spiro atoms. The first-order chi connectivity index (χ1) is 14.4. The van der Waals surface area contributed by atoms with Crippen molar-refractivity contribution in [3.63, 3.8) is 0 Å². The van der Waals surface area contributed by atoms with Gasteiger partial charge in [-0.1, -0.05) is 24.3 Å². The van der Waals surface area contributed by atoms with E-state index in [1.54, 1.807) is 36.9 Å². The molecule has 1 heterocycles. The lowest BCUT2D eigenvalue weighted by molar-refractivity contribution is -0.112. The number of hydrogen-bond acceptors (Lipinski definition) is 5. The van der Waals surface area contributed by atoms with E-state index in [4.69, 9.17) is 4.74 Å². The number of ether oxygens (including phenoxy) is 1. The van der Waals surface area contributed by atoms with Crippen LogP contribution in [0.2, 0.25) is 0 Å². The third kappa shape index (κ3) is 3.82. The number of nitriles is 1. The van der Waals surface area contributed by atoms with Crippen LogP contribution in [-0.2, 0) is 11.8 Å². The van der Waals surface area contributed by atoms with E-state index in [2.05, 4.69) is 5.32 Å². The van der Waals surface area contributed by atoms with Crippen molar-refractivity contribution >= 4 is 17.7 Å². The molecule has 0 saturated heterocycles. The second-order valence-corrected chi connectivity index (χ2v) is 6.49. The smallest absolute Gasteiger partial charge is 0.295 e. The summed E-state index contributed by atoms with van der Waals surface area (Å²) in [5, 5.41) is 21.9. The Balaban J connectivity index is 1.94. The van der Waals surface area contributed by atoms with E-state index in [1.165, 1.54) is 30.0 Å². The highest BCUT2D eigenvalue weighted by Gasteiger charge is 2.20. The standard InChI is InChI=1S/C22H20N4O4/c1-14-20(22(29)26(25(14)2)17-7-5-4-6-8-17)24-21(28)16(13-23)11-15-9-10-19(30-3)18(27)12-15/h4-12,27H,1-3H3,(H,24,28). The van der Waals surface area contributed by atoms with E-state index in [0.29, 0.717) is 16.9 Å². The third-order valence-electron chi connectivity index (χ3n) is 4.67. The molecule has 30 heavy (non-hydrogen) atoms. The molecule has 1 amide bonds. The lowest BCUT2D eigenvalue weighted by Crippen LogP contribution is -2.23. The van der Waals surface area contributed by atoms with E-state index in [-0.39, 0.29) is 22.8 Å². The Labute approximate surface area is 172 Å². The fraction of sp³-hybridized carbons (Fsp3) is 0.136. The quantitative estimate of drug-likeness (QED) is 0.502. The molecular formula is C22H20N4O4. The van der Waals surface area contributed by atoms with Gasteiger partial charge >= 0.3 is 0 Å². The fourth-order valence-corrected chi connectivity index (χ4v) is 3.01. The van der Waals surface area contributed by atoms with Gasteiger partial charge in [0.05, 0.1) is 18.5 Å². The Kier molecular flexibility index (Phi) is 5.74. The van der Waals surface area contributed by atoms with Gasteiger partial charge in [-0.05, 0) is 42.8 Å². The van der Waals surface area contributed by atoms with Gasteiger partial charge in [-0.3, -0.25) is 14.3 Å². The molecule has 0 aliphatic carbocycles. The first-order valence-corrected chi connectivity index (χ1v) is 9.01. The van der Waals surface area contributed by atoms with E-state index in [1.807, 2.05) is 24.3 Å². The maximum Gasteiger partial charge on any atom is 0.295 e. The van der Waals surface area contributed by atoms with Crippen LogP contribution in [0.15, 0.2) is 58.9 Å². The number of rotatable bonds is 5. The van der Waals surface area contributed by atoms with Gasteiger partial charge in [0.25, 0.3) is 11.5 Å². The van der Waals surface area contributed by atoms with Crippen molar-refractivity contribution in [2.75, 3.05) is 12.4 Å². The van der Waals surface area contributed by atoms with Crippen molar-refractivity contribution < 1.29 is 14.6 Å². The lowest BCUT2D eigenvalue weighted by Gasteiger charge is -2.07. The fourth-order valence-electron chi connectivity index (χ4n) is 3.01. The number of phenolic OH excluding ortho intramolecular Hbond substituents is 1. The van der Waals surface area contributed by atoms with Crippen LogP contribution in [0.5, 0.6) is 11.5 Å². The van der Waals surface area contributed by atoms with Crippen LogP contribution in [0.1, 0.15) is 11.3 Å². The summed E-state index contributed by atoms with van der Waals surface area (Å²) in [7, 11) is 3.13. The minimum absolute atomic E-state index is 0.0880. The molecule has 0 aliphatic heterocycles. The number of carbonyl (C=O) groups excluding carboxylic acids is 1. The molecule has 0 atom stereocenters. The second-order valence-electron chi connectivity index (χ2n) is 6.49. The number of aromatic nitrogens is 2. The summed E-state index contributed by atoms with van der Waals surface area (Å²) in [6.07, 6.45) is 1.32. The molecule has 152 valence electrons. The molecule has 0 unspecified atom stereocenters. The number of para-hydroxylation sites is 1. The molecule has 0 saturated carbocycles. The Bertz CT molecular complexity index is 1230. The van der Waals surface area contributed by atoms with Crippen molar-refractivity contribution in [3.05, 3.63) is 75.7 Å². The summed E-state index contributed by atoms with van der Waals surface area (Å²) in [5.74, 6) is -0.566. The molecule has 0 aliphatic rings. The maximum atomic E-state index is 12.9.